The normalized spacial score (nSPS) is 16.8. The highest BCUT2D eigenvalue weighted by molar-refractivity contribution is 5.80. The minimum Gasteiger partial charge on any atom is -0.491 e. The highest BCUT2D eigenvalue weighted by Gasteiger charge is 2.16. The molecule has 0 aliphatic carbocycles. The molecule has 24 heavy (non-hydrogen) atoms. The van der Waals surface area contributed by atoms with Gasteiger partial charge >= 0.3 is 0 Å². The van der Waals surface area contributed by atoms with Gasteiger partial charge < -0.3 is 19.7 Å². The van der Waals surface area contributed by atoms with E-state index >= 15 is 0 Å². The number of nitrogens with zero attached hydrogens (tertiary/aromatic N) is 1. The van der Waals surface area contributed by atoms with Crippen LogP contribution in [0.5, 0.6) is 5.75 Å². The first kappa shape index (κ1) is 18.6. The summed E-state index contributed by atoms with van der Waals surface area (Å²) in [4.78, 5) is 14.2. The third-order valence-electron chi connectivity index (χ3n) is 4.10. The Morgan fingerprint density at radius 2 is 1.96 bits per heavy atom. The Balaban J connectivity index is 1.75. The topological polar surface area (TPSA) is 50.8 Å². The third kappa shape index (κ3) is 6.04. The highest BCUT2D eigenvalue weighted by atomic mass is 16.5. The lowest BCUT2D eigenvalue weighted by Gasteiger charge is -2.22. The zero-order valence-electron chi connectivity index (χ0n) is 14.9. The van der Waals surface area contributed by atoms with E-state index in [1.807, 2.05) is 29.2 Å². The van der Waals surface area contributed by atoms with Crippen LogP contribution in [0.3, 0.4) is 0 Å². The Hall–Kier alpha value is -1.75. The van der Waals surface area contributed by atoms with Gasteiger partial charge in [-0.1, -0.05) is 13.8 Å². The molecular formula is C19H30N2O3. The fraction of sp³-hybridized carbons (Fsp3) is 0.632. The molecule has 1 fully saturated rings. The van der Waals surface area contributed by atoms with Crippen LogP contribution in [-0.2, 0) is 9.53 Å². The standard InChI is InChI=1S/C19H30N2O3/c1-3-11-21(12-4-2)19(22)14-20-16-7-9-17(10-8-16)24-15-18-6-5-13-23-18/h7-10,18,20H,3-6,11-15H2,1-2H3. The molecule has 1 aromatic carbocycles. The second-order valence-corrected chi connectivity index (χ2v) is 6.20. The van der Waals surface area contributed by atoms with Crippen LogP contribution in [0.25, 0.3) is 0 Å². The number of amides is 1. The van der Waals surface area contributed by atoms with Crippen molar-refractivity contribution in [3.63, 3.8) is 0 Å². The van der Waals surface area contributed by atoms with E-state index < -0.39 is 0 Å². The van der Waals surface area contributed by atoms with Crippen LogP contribution < -0.4 is 10.1 Å². The zero-order valence-corrected chi connectivity index (χ0v) is 14.9. The fourth-order valence-electron chi connectivity index (χ4n) is 2.82. The maximum atomic E-state index is 12.2. The molecule has 0 saturated carbocycles. The number of anilines is 1. The molecule has 1 aliphatic rings. The molecule has 1 saturated heterocycles. The molecule has 5 nitrogen and oxygen atoms in total. The molecular weight excluding hydrogens is 304 g/mol. The van der Waals surface area contributed by atoms with Crippen LogP contribution in [0.2, 0.25) is 0 Å². The summed E-state index contributed by atoms with van der Waals surface area (Å²) in [5.41, 5.74) is 0.931. The Morgan fingerprint density at radius 1 is 1.25 bits per heavy atom. The first-order chi connectivity index (χ1) is 11.7. The van der Waals surface area contributed by atoms with Gasteiger partial charge in [-0.25, -0.2) is 0 Å². The van der Waals surface area contributed by atoms with Crippen molar-refractivity contribution in [1.29, 1.82) is 0 Å². The third-order valence-corrected chi connectivity index (χ3v) is 4.10. The van der Waals surface area contributed by atoms with E-state index in [2.05, 4.69) is 19.2 Å². The number of carbonyl (C=O) groups excluding carboxylic acids is 1. The van der Waals surface area contributed by atoms with Crippen molar-refractivity contribution in [2.75, 3.05) is 38.2 Å². The second-order valence-electron chi connectivity index (χ2n) is 6.20. The largest absolute Gasteiger partial charge is 0.491 e. The number of ether oxygens (including phenoxy) is 2. The Morgan fingerprint density at radius 3 is 2.54 bits per heavy atom. The number of rotatable bonds is 10. The van der Waals surface area contributed by atoms with Crippen LogP contribution in [0.15, 0.2) is 24.3 Å². The lowest BCUT2D eigenvalue weighted by atomic mass is 10.2. The molecule has 1 N–H and O–H groups in total. The maximum Gasteiger partial charge on any atom is 0.241 e. The van der Waals surface area contributed by atoms with Crippen molar-refractivity contribution < 1.29 is 14.3 Å². The van der Waals surface area contributed by atoms with Crippen LogP contribution in [-0.4, -0.2) is 49.8 Å². The lowest BCUT2D eigenvalue weighted by Crippen LogP contribution is -2.36. The lowest BCUT2D eigenvalue weighted by molar-refractivity contribution is -0.129. The van der Waals surface area contributed by atoms with Crippen LogP contribution >= 0.6 is 0 Å². The highest BCUT2D eigenvalue weighted by Crippen LogP contribution is 2.18. The molecule has 1 amide bonds. The molecule has 0 bridgehead atoms. The average molecular weight is 334 g/mol. The monoisotopic (exact) mass is 334 g/mol. The fourth-order valence-corrected chi connectivity index (χ4v) is 2.82. The van der Waals surface area contributed by atoms with E-state index in [0.717, 1.165) is 56.8 Å². The van der Waals surface area contributed by atoms with Crippen molar-refractivity contribution in [3.8, 4) is 5.75 Å². The average Bonchev–Trinajstić information content (AvgIpc) is 3.12. The zero-order chi connectivity index (χ0) is 17.2. The second kappa shape index (κ2) is 10.2. The summed E-state index contributed by atoms with van der Waals surface area (Å²) < 4.78 is 11.3. The molecule has 1 heterocycles. The van der Waals surface area contributed by atoms with Crippen molar-refractivity contribution in [3.05, 3.63) is 24.3 Å². The Bertz CT molecular complexity index is 478. The number of hydrogen-bond acceptors (Lipinski definition) is 4. The minimum absolute atomic E-state index is 0.150. The molecule has 0 spiro atoms. The van der Waals surface area contributed by atoms with Crippen molar-refractivity contribution in [2.45, 2.75) is 45.6 Å². The summed E-state index contributed by atoms with van der Waals surface area (Å²) in [6.07, 6.45) is 4.40. The van der Waals surface area contributed by atoms with Gasteiger partial charge in [0.2, 0.25) is 5.91 Å². The van der Waals surface area contributed by atoms with E-state index in [1.54, 1.807) is 0 Å². The Kier molecular flexibility index (Phi) is 7.89. The van der Waals surface area contributed by atoms with E-state index in [9.17, 15) is 4.79 Å². The predicted octanol–water partition coefficient (Wildman–Crippen LogP) is 3.30. The summed E-state index contributed by atoms with van der Waals surface area (Å²) in [6.45, 7) is 7.62. The summed E-state index contributed by atoms with van der Waals surface area (Å²) in [6, 6.07) is 7.75. The summed E-state index contributed by atoms with van der Waals surface area (Å²) in [7, 11) is 0. The molecule has 134 valence electrons. The van der Waals surface area contributed by atoms with Gasteiger partial charge in [0.1, 0.15) is 12.4 Å². The predicted molar refractivity (Wildman–Crippen MR) is 96.6 cm³/mol. The van der Waals surface area contributed by atoms with Gasteiger partial charge in [-0.3, -0.25) is 4.79 Å². The first-order valence-corrected chi connectivity index (χ1v) is 9.09. The van der Waals surface area contributed by atoms with Crippen LogP contribution in [0, 0.1) is 0 Å². The smallest absolute Gasteiger partial charge is 0.241 e. The van der Waals surface area contributed by atoms with Crippen LogP contribution in [0.4, 0.5) is 5.69 Å². The number of carbonyl (C=O) groups is 1. The van der Waals surface area contributed by atoms with E-state index in [4.69, 9.17) is 9.47 Å². The molecule has 0 radical (unpaired) electrons. The SMILES string of the molecule is CCCN(CCC)C(=O)CNc1ccc(OCC2CCCO2)cc1. The Labute approximate surface area is 145 Å². The molecule has 5 heteroatoms. The van der Waals surface area contributed by atoms with Gasteiger partial charge in [-0.2, -0.15) is 0 Å². The number of hydrogen-bond donors (Lipinski definition) is 1. The minimum atomic E-state index is 0.150. The van der Waals surface area contributed by atoms with Gasteiger partial charge in [-0.05, 0) is 49.9 Å². The van der Waals surface area contributed by atoms with Gasteiger partial charge in [-0.15, -0.1) is 0 Å². The van der Waals surface area contributed by atoms with Gasteiger partial charge in [0.15, 0.2) is 0 Å². The summed E-state index contributed by atoms with van der Waals surface area (Å²) in [5, 5.41) is 3.19. The maximum absolute atomic E-state index is 12.2. The van der Waals surface area contributed by atoms with Gasteiger partial charge in [0, 0.05) is 25.4 Å². The van der Waals surface area contributed by atoms with Crippen molar-refractivity contribution in [2.24, 2.45) is 0 Å². The molecule has 1 aliphatic heterocycles. The number of nitrogens with one attached hydrogen (secondary N) is 1. The molecule has 0 aromatic heterocycles. The first-order valence-electron chi connectivity index (χ1n) is 9.09. The van der Waals surface area contributed by atoms with Gasteiger partial charge in [0.25, 0.3) is 0 Å². The van der Waals surface area contributed by atoms with Crippen molar-refractivity contribution >= 4 is 11.6 Å². The van der Waals surface area contributed by atoms with E-state index in [1.165, 1.54) is 0 Å². The quantitative estimate of drug-likeness (QED) is 0.713. The summed E-state index contributed by atoms with van der Waals surface area (Å²) >= 11 is 0. The summed E-state index contributed by atoms with van der Waals surface area (Å²) in [5.74, 6) is 0.985. The molecule has 2 rings (SSSR count). The van der Waals surface area contributed by atoms with E-state index in [0.29, 0.717) is 13.2 Å². The van der Waals surface area contributed by atoms with Crippen LogP contribution in [0.1, 0.15) is 39.5 Å². The molecule has 1 unspecified atom stereocenters. The molecule has 1 aromatic rings. The molecule has 1 atom stereocenters. The van der Waals surface area contributed by atoms with E-state index in [-0.39, 0.29) is 12.0 Å². The van der Waals surface area contributed by atoms with Gasteiger partial charge in [0.05, 0.1) is 12.6 Å². The van der Waals surface area contributed by atoms with Crippen molar-refractivity contribution in [1.82, 2.24) is 4.90 Å². The number of benzene rings is 1.